The van der Waals surface area contributed by atoms with E-state index in [9.17, 15) is 4.79 Å². The summed E-state index contributed by atoms with van der Waals surface area (Å²) < 4.78 is 11.6. The van der Waals surface area contributed by atoms with Gasteiger partial charge in [0.05, 0.1) is 11.6 Å². The number of benzene rings is 2. The Bertz CT molecular complexity index is 640. The number of methoxy groups -OCH3 is 1. The Kier molecular flexibility index (Phi) is 5.26. The van der Waals surface area contributed by atoms with Gasteiger partial charge in [0, 0.05) is 10.6 Å². The Labute approximate surface area is 137 Å². The molecular weight excluding hydrogens is 356 g/mol. The highest BCUT2D eigenvalue weighted by Crippen LogP contribution is 2.30. The van der Waals surface area contributed by atoms with Gasteiger partial charge in [-0.15, -0.1) is 0 Å². The van der Waals surface area contributed by atoms with Gasteiger partial charge in [0.25, 0.3) is 0 Å². The van der Waals surface area contributed by atoms with Crippen LogP contribution in [0.1, 0.15) is 17.3 Å². The summed E-state index contributed by atoms with van der Waals surface area (Å²) in [6, 6.07) is 12.1. The van der Waals surface area contributed by atoms with Gasteiger partial charge in [0.2, 0.25) is 5.78 Å². The zero-order chi connectivity index (χ0) is 15.4. The lowest BCUT2D eigenvalue weighted by molar-refractivity contribution is 0.0817. The highest BCUT2D eigenvalue weighted by Gasteiger charge is 2.18. The Morgan fingerprint density at radius 1 is 1.19 bits per heavy atom. The molecule has 0 heterocycles. The lowest BCUT2D eigenvalue weighted by Crippen LogP contribution is -2.24. The first-order chi connectivity index (χ1) is 10.0. The molecule has 5 heteroatoms. The van der Waals surface area contributed by atoms with Gasteiger partial charge in [0.1, 0.15) is 11.5 Å². The molecular formula is C16H14BrClO3. The highest BCUT2D eigenvalue weighted by molar-refractivity contribution is 9.10. The van der Waals surface area contributed by atoms with Crippen molar-refractivity contribution in [3.05, 3.63) is 57.5 Å². The molecule has 110 valence electrons. The molecule has 2 aromatic carbocycles. The van der Waals surface area contributed by atoms with E-state index >= 15 is 0 Å². The summed E-state index contributed by atoms with van der Waals surface area (Å²) in [5.41, 5.74) is 0.566. The van der Waals surface area contributed by atoms with E-state index in [-0.39, 0.29) is 5.78 Å². The van der Waals surface area contributed by atoms with Gasteiger partial charge in [-0.2, -0.15) is 0 Å². The fourth-order valence-corrected chi connectivity index (χ4v) is 2.37. The number of ether oxygens (including phenoxy) is 2. The number of ketones is 1. The molecule has 1 unspecified atom stereocenters. The molecule has 21 heavy (non-hydrogen) atoms. The van der Waals surface area contributed by atoms with E-state index < -0.39 is 6.10 Å². The number of Topliss-reactive ketones (excluding diaryl/α,β-unsaturated/α-hetero) is 1. The fraction of sp³-hybridized carbons (Fsp3) is 0.188. The number of hydrogen-bond acceptors (Lipinski definition) is 3. The molecule has 0 spiro atoms. The van der Waals surface area contributed by atoms with E-state index in [0.717, 1.165) is 4.47 Å². The van der Waals surface area contributed by atoms with Gasteiger partial charge < -0.3 is 9.47 Å². The Morgan fingerprint density at radius 3 is 2.43 bits per heavy atom. The van der Waals surface area contributed by atoms with Crippen molar-refractivity contribution in [3.8, 4) is 11.5 Å². The lowest BCUT2D eigenvalue weighted by Gasteiger charge is -2.15. The van der Waals surface area contributed by atoms with E-state index in [1.165, 1.54) is 0 Å². The summed E-state index contributed by atoms with van der Waals surface area (Å²) in [7, 11) is 1.59. The first kappa shape index (κ1) is 15.9. The minimum atomic E-state index is -0.601. The van der Waals surface area contributed by atoms with Crippen molar-refractivity contribution in [1.29, 1.82) is 0 Å². The Morgan fingerprint density at radius 2 is 1.86 bits per heavy atom. The van der Waals surface area contributed by atoms with Gasteiger partial charge in [-0.3, -0.25) is 4.79 Å². The van der Waals surface area contributed by atoms with Crippen LogP contribution in [-0.2, 0) is 0 Å². The first-order valence-corrected chi connectivity index (χ1v) is 7.48. The fourth-order valence-electron chi connectivity index (χ4n) is 1.80. The summed E-state index contributed by atoms with van der Waals surface area (Å²) >= 11 is 9.21. The van der Waals surface area contributed by atoms with Crippen LogP contribution in [-0.4, -0.2) is 19.0 Å². The van der Waals surface area contributed by atoms with Crippen LogP contribution >= 0.6 is 27.5 Å². The van der Waals surface area contributed by atoms with Gasteiger partial charge in [-0.05, 0) is 65.3 Å². The first-order valence-electron chi connectivity index (χ1n) is 6.31. The number of carbonyl (C=O) groups excluding carboxylic acids is 1. The van der Waals surface area contributed by atoms with Crippen molar-refractivity contribution in [1.82, 2.24) is 0 Å². The van der Waals surface area contributed by atoms with Crippen LogP contribution in [0.2, 0.25) is 5.02 Å². The van der Waals surface area contributed by atoms with Crippen LogP contribution in [0.25, 0.3) is 0 Å². The van der Waals surface area contributed by atoms with E-state index in [1.54, 1.807) is 56.5 Å². The maximum atomic E-state index is 12.3. The van der Waals surface area contributed by atoms with Crippen molar-refractivity contribution in [3.63, 3.8) is 0 Å². The molecule has 0 aromatic heterocycles. The number of hydrogen-bond donors (Lipinski definition) is 0. The van der Waals surface area contributed by atoms with Crippen LogP contribution in [0.5, 0.6) is 11.5 Å². The van der Waals surface area contributed by atoms with Crippen molar-refractivity contribution < 1.29 is 14.3 Å². The van der Waals surface area contributed by atoms with Crippen molar-refractivity contribution in [2.45, 2.75) is 13.0 Å². The molecule has 0 saturated heterocycles. The summed E-state index contributed by atoms with van der Waals surface area (Å²) in [6.45, 7) is 1.72. The SMILES string of the molecule is COc1ccc(OC(C)C(=O)c2ccc(Cl)cc2)c(Br)c1. The van der Waals surface area contributed by atoms with E-state index in [0.29, 0.717) is 22.1 Å². The maximum absolute atomic E-state index is 12.3. The molecule has 0 aliphatic rings. The zero-order valence-electron chi connectivity index (χ0n) is 11.6. The third kappa shape index (κ3) is 3.99. The average molecular weight is 370 g/mol. The van der Waals surface area contributed by atoms with Crippen LogP contribution in [0.4, 0.5) is 0 Å². The number of halogens is 2. The summed E-state index contributed by atoms with van der Waals surface area (Å²) in [4.78, 5) is 12.3. The second kappa shape index (κ2) is 6.96. The van der Waals surface area contributed by atoms with Gasteiger partial charge in [0.15, 0.2) is 6.10 Å². The van der Waals surface area contributed by atoms with Crippen LogP contribution in [0, 0.1) is 0 Å². The van der Waals surface area contributed by atoms with Crippen molar-refractivity contribution in [2.24, 2.45) is 0 Å². The van der Waals surface area contributed by atoms with Crippen LogP contribution < -0.4 is 9.47 Å². The predicted octanol–water partition coefficient (Wildman–Crippen LogP) is 4.76. The highest BCUT2D eigenvalue weighted by atomic mass is 79.9. The molecule has 0 aliphatic carbocycles. The second-order valence-corrected chi connectivity index (χ2v) is 5.72. The third-order valence-electron chi connectivity index (χ3n) is 2.94. The number of carbonyl (C=O) groups is 1. The molecule has 0 radical (unpaired) electrons. The minimum Gasteiger partial charge on any atom is -0.497 e. The molecule has 0 amide bonds. The number of rotatable bonds is 5. The molecule has 2 aromatic rings. The molecule has 0 fully saturated rings. The summed E-state index contributed by atoms with van der Waals surface area (Å²) in [5.74, 6) is 1.20. The predicted molar refractivity (Wildman–Crippen MR) is 86.6 cm³/mol. The largest absolute Gasteiger partial charge is 0.497 e. The Hall–Kier alpha value is -1.52. The molecule has 0 N–H and O–H groups in total. The standard InChI is InChI=1S/C16H14BrClO3/c1-10(16(19)11-3-5-12(18)6-4-11)21-15-8-7-13(20-2)9-14(15)17/h3-10H,1-2H3. The summed E-state index contributed by atoms with van der Waals surface area (Å²) in [5, 5.41) is 0.595. The quantitative estimate of drug-likeness (QED) is 0.713. The molecule has 0 saturated carbocycles. The molecule has 1 atom stereocenters. The van der Waals surface area contributed by atoms with Gasteiger partial charge >= 0.3 is 0 Å². The maximum Gasteiger partial charge on any atom is 0.202 e. The molecule has 3 nitrogen and oxygen atoms in total. The molecule has 0 aliphatic heterocycles. The monoisotopic (exact) mass is 368 g/mol. The topological polar surface area (TPSA) is 35.5 Å². The van der Waals surface area contributed by atoms with Crippen LogP contribution in [0.3, 0.4) is 0 Å². The van der Waals surface area contributed by atoms with E-state index in [2.05, 4.69) is 15.9 Å². The Balaban J connectivity index is 2.12. The minimum absolute atomic E-state index is 0.102. The normalized spacial score (nSPS) is 11.8. The second-order valence-electron chi connectivity index (χ2n) is 4.43. The van der Waals surface area contributed by atoms with E-state index in [1.807, 2.05) is 0 Å². The zero-order valence-corrected chi connectivity index (χ0v) is 13.9. The molecule has 0 bridgehead atoms. The van der Waals surface area contributed by atoms with Crippen LogP contribution in [0.15, 0.2) is 46.9 Å². The average Bonchev–Trinajstić information content (AvgIpc) is 2.49. The van der Waals surface area contributed by atoms with Gasteiger partial charge in [-0.1, -0.05) is 11.6 Å². The smallest absolute Gasteiger partial charge is 0.202 e. The van der Waals surface area contributed by atoms with Crippen molar-refractivity contribution >= 4 is 33.3 Å². The summed E-state index contributed by atoms with van der Waals surface area (Å²) in [6.07, 6.45) is -0.601. The van der Waals surface area contributed by atoms with Gasteiger partial charge in [-0.25, -0.2) is 0 Å². The molecule has 2 rings (SSSR count). The van der Waals surface area contributed by atoms with E-state index in [4.69, 9.17) is 21.1 Å². The van der Waals surface area contributed by atoms with Crippen molar-refractivity contribution in [2.75, 3.05) is 7.11 Å². The third-order valence-corrected chi connectivity index (χ3v) is 3.81. The lowest BCUT2D eigenvalue weighted by atomic mass is 10.1.